The molecule has 4 atom stereocenters. The van der Waals surface area contributed by atoms with E-state index in [0.717, 1.165) is 18.4 Å². The SMILES string of the molecule is C[C@@H]1C(C(=O)NN2[C@H](C)CCC[C@@H]2C)=NN(c2ccc(Cl)cc2Cl)[C@@H]1c1ccc(Cl)cc1. The Morgan fingerprint density at radius 2 is 1.59 bits per heavy atom. The maximum atomic E-state index is 13.4. The number of halogens is 3. The molecule has 0 spiro atoms. The van der Waals surface area contributed by atoms with Crippen LogP contribution in [0.25, 0.3) is 0 Å². The van der Waals surface area contributed by atoms with Gasteiger partial charge >= 0.3 is 0 Å². The molecular weight excluding hydrogens is 467 g/mol. The van der Waals surface area contributed by atoms with E-state index in [1.807, 2.05) is 42.3 Å². The van der Waals surface area contributed by atoms with E-state index in [2.05, 4.69) is 24.3 Å². The standard InChI is InChI=1S/C24H27Cl3N4O/c1-14-5-4-6-15(2)30(14)29-24(32)22-16(3)23(17-7-9-18(25)10-8-17)31(28-22)21-12-11-19(26)13-20(21)27/h7-16,23H,4-6H2,1-3H3,(H,29,32)/t14-,15+,16-,23+/m1/s1. The molecule has 1 N–H and O–H groups in total. The van der Waals surface area contributed by atoms with Crippen LogP contribution < -0.4 is 10.4 Å². The number of hydrogen-bond donors (Lipinski definition) is 1. The lowest BCUT2D eigenvalue weighted by Gasteiger charge is -2.38. The first-order valence-electron chi connectivity index (χ1n) is 10.9. The zero-order valence-corrected chi connectivity index (χ0v) is 20.6. The minimum atomic E-state index is -0.206. The van der Waals surface area contributed by atoms with Crippen LogP contribution in [-0.4, -0.2) is 28.7 Å². The van der Waals surface area contributed by atoms with Crippen molar-refractivity contribution in [2.75, 3.05) is 5.01 Å². The predicted octanol–water partition coefficient (Wildman–Crippen LogP) is 6.49. The summed E-state index contributed by atoms with van der Waals surface area (Å²) in [5, 5.41) is 10.3. The molecule has 0 aliphatic carbocycles. The molecule has 0 bridgehead atoms. The Balaban J connectivity index is 1.69. The largest absolute Gasteiger partial charge is 0.283 e. The molecule has 1 amide bonds. The number of nitrogens with zero attached hydrogens (tertiary/aromatic N) is 3. The second kappa shape index (κ2) is 9.60. The number of hydrazone groups is 1. The van der Waals surface area contributed by atoms with Crippen LogP contribution in [0.4, 0.5) is 5.69 Å². The second-order valence-electron chi connectivity index (χ2n) is 8.69. The molecule has 1 saturated heterocycles. The number of piperidine rings is 1. The molecule has 2 aromatic carbocycles. The highest BCUT2D eigenvalue weighted by Gasteiger charge is 2.41. The Kier molecular flexibility index (Phi) is 7.01. The van der Waals surface area contributed by atoms with E-state index in [9.17, 15) is 4.79 Å². The summed E-state index contributed by atoms with van der Waals surface area (Å²) < 4.78 is 0. The van der Waals surface area contributed by atoms with E-state index in [1.165, 1.54) is 6.42 Å². The molecule has 8 heteroatoms. The van der Waals surface area contributed by atoms with E-state index in [-0.39, 0.29) is 30.0 Å². The van der Waals surface area contributed by atoms with E-state index < -0.39 is 0 Å². The number of hydrogen-bond acceptors (Lipinski definition) is 4. The fraction of sp³-hybridized carbons (Fsp3) is 0.417. The number of rotatable bonds is 4. The van der Waals surface area contributed by atoms with Crippen LogP contribution in [0, 0.1) is 5.92 Å². The lowest BCUT2D eigenvalue weighted by Crippen LogP contribution is -2.56. The van der Waals surface area contributed by atoms with Crippen LogP contribution in [0.2, 0.25) is 15.1 Å². The van der Waals surface area contributed by atoms with Crippen molar-refractivity contribution in [3.8, 4) is 0 Å². The van der Waals surface area contributed by atoms with Gasteiger partial charge in [-0.3, -0.25) is 15.2 Å². The summed E-state index contributed by atoms with van der Waals surface area (Å²) in [5.41, 5.74) is 5.30. The Bertz CT molecular complexity index is 1020. The average Bonchev–Trinajstić information content (AvgIpc) is 3.08. The summed E-state index contributed by atoms with van der Waals surface area (Å²) in [4.78, 5) is 13.4. The third kappa shape index (κ3) is 4.62. The van der Waals surface area contributed by atoms with Crippen molar-refractivity contribution in [1.82, 2.24) is 10.4 Å². The first kappa shape index (κ1) is 23.4. The average molecular weight is 494 g/mol. The highest BCUT2D eigenvalue weighted by molar-refractivity contribution is 6.41. The summed E-state index contributed by atoms with van der Waals surface area (Å²) in [5.74, 6) is -0.344. The van der Waals surface area contributed by atoms with Crippen molar-refractivity contribution in [2.24, 2.45) is 11.0 Å². The zero-order chi connectivity index (χ0) is 23.0. The smallest absolute Gasteiger partial charge is 0.282 e. The Morgan fingerprint density at radius 3 is 2.22 bits per heavy atom. The summed E-state index contributed by atoms with van der Waals surface area (Å²) in [6.07, 6.45) is 3.30. The van der Waals surface area contributed by atoms with Crippen molar-refractivity contribution < 1.29 is 4.79 Å². The lowest BCUT2D eigenvalue weighted by molar-refractivity contribution is -0.122. The highest BCUT2D eigenvalue weighted by Crippen LogP contribution is 2.42. The zero-order valence-electron chi connectivity index (χ0n) is 18.4. The maximum absolute atomic E-state index is 13.4. The van der Waals surface area contributed by atoms with Gasteiger partial charge in [0.15, 0.2) is 0 Å². The quantitative estimate of drug-likeness (QED) is 0.529. The van der Waals surface area contributed by atoms with Gasteiger partial charge in [0.05, 0.1) is 16.8 Å². The Labute approximate surface area is 204 Å². The molecule has 0 aromatic heterocycles. The van der Waals surface area contributed by atoms with Crippen LogP contribution in [0.1, 0.15) is 51.6 Å². The van der Waals surface area contributed by atoms with Crippen LogP contribution in [0.5, 0.6) is 0 Å². The Hall–Kier alpha value is -1.79. The normalized spacial score (nSPS) is 26.2. The van der Waals surface area contributed by atoms with Gasteiger partial charge in [0.25, 0.3) is 5.91 Å². The number of benzene rings is 2. The number of amides is 1. The van der Waals surface area contributed by atoms with Crippen LogP contribution >= 0.6 is 34.8 Å². The van der Waals surface area contributed by atoms with Gasteiger partial charge in [-0.2, -0.15) is 5.10 Å². The second-order valence-corrected chi connectivity index (χ2v) is 9.97. The number of anilines is 1. The van der Waals surface area contributed by atoms with E-state index in [0.29, 0.717) is 26.5 Å². The maximum Gasteiger partial charge on any atom is 0.282 e. The van der Waals surface area contributed by atoms with Crippen LogP contribution in [0.15, 0.2) is 47.6 Å². The molecule has 170 valence electrons. The molecule has 2 aliphatic heterocycles. The fourth-order valence-electron chi connectivity index (χ4n) is 4.66. The molecular formula is C24H27Cl3N4O. The molecule has 2 aliphatic rings. The molecule has 2 aromatic rings. The number of carbonyl (C=O) groups excluding carboxylic acids is 1. The van der Waals surface area contributed by atoms with Crippen LogP contribution in [-0.2, 0) is 4.79 Å². The van der Waals surface area contributed by atoms with Gasteiger partial charge in [0.2, 0.25) is 0 Å². The van der Waals surface area contributed by atoms with Crippen molar-refractivity contribution in [3.63, 3.8) is 0 Å². The monoisotopic (exact) mass is 492 g/mol. The summed E-state index contributed by atoms with van der Waals surface area (Å²) in [6.45, 7) is 6.31. The van der Waals surface area contributed by atoms with Crippen molar-refractivity contribution in [3.05, 3.63) is 63.1 Å². The van der Waals surface area contributed by atoms with E-state index in [1.54, 1.807) is 12.1 Å². The molecule has 5 nitrogen and oxygen atoms in total. The third-order valence-electron chi connectivity index (χ3n) is 6.41. The van der Waals surface area contributed by atoms with Crippen molar-refractivity contribution >= 4 is 52.1 Å². The number of carbonyl (C=O) groups is 1. The molecule has 4 rings (SSSR count). The molecule has 0 radical (unpaired) electrons. The summed E-state index contributed by atoms with van der Waals surface area (Å²) in [6, 6.07) is 13.3. The molecule has 32 heavy (non-hydrogen) atoms. The van der Waals surface area contributed by atoms with Gasteiger partial charge in [0, 0.05) is 28.0 Å². The van der Waals surface area contributed by atoms with Crippen LogP contribution in [0.3, 0.4) is 0 Å². The first-order valence-corrected chi connectivity index (χ1v) is 12.1. The lowest BCUT2D eigenvalue weighted by atomic mass is 9.91. The van der Waals surface area contributed by atoms with Gasteiger partial charge in [0.1, 0.15) is 5.71 Å². The molecule has 1 fully saturated rings. The first-order chi connectivity index (χ1) is 15.3. The van der Waals surface area contributed by atoms with Gasteiger partial charge < -0.3 is 0 Å². The summed E-state index contributed by atoms with van der Waals surface area (Å²) >= 11 is 18.8. The topological polar surface area (TPSA) is 47.9 Å². The van der Waals surface area contributed by atoms with Gasteiger partial charge in [-0.05, 0) is 62.6 Å². The van der Waals surface area contributed by atoms with E-state index >= 15 is 0 Å². The molecule has 0 saturated carbocycles. The fourth-order valence-corrected chi connectivity index (χ4v) is 5.28. The highest BCUT2D eigenvalue weighted by atomic mass is 35.5. The van der Waals surface area contributed by atoms with Crippen molar-refractivity contribution in [1.29, 1.82) is 0 Å². The minimum absolute atomic E-state index is 0.168. The van der Waals surface area contributed by atoms with E-state index in [4.69, 9.17) is 39.9 Å². The summed E-state index contributed by atoms with van der Waals surface area (Å²) in [7, 11) is 0. The predicted molar refractivity (Wildman–Crippen MR) is 132 cm³/mol. The third-order valence-corrected chi connectivity index (χ3v) is 7.20. The number of nitrogens with one attached hydrogen (secondary N) is 1. The Morgan fingerprint density at radius 1 is 0.969 bits per heavy atom. The minimum Gasteiger partial charge on any atom is -0.283 e. The van der Waals surface area contributed by atoms with Gasteiger partial charge in [-0.1, -0.05) is 60.3 Å². The molecule has 0 unspecified atom stereocenters. The van der Waals surface area contributed by atoms with Gasteiger partial charge in [-0.15, -0.1) is 0 Å². The van der Waals surface area contributed by atoms with Crippen molar-refractivity contribution in [2.45, 2.75) is 58.2 Å². The molecule has 2 heterocycles. The van der Waals surface area contributed by atoms with Gasteiger partial charge in [-0.25, -0.2) is 5.01 Å². The number of hydrazine groups is 1.